The quantitative estimate of drug-likeness (QED) is 0.936. The van der Waals surface area contributed by atoms with Gasteiger partial charge in [-0.2, -0.15) is 5.10 Å². The number of likely N-dealkylation sites (tertiary alicyclic amines) is 1. The van der Waals surface area contributed by atoms with Crippen molar-refractivity contribution >= 4 is 5.69 Å². The van der Waals surface area contributed by atoms with Gasteiger partial charge in [0, 0.05) is 25.0 Å². The summed E-state index contributed by atoms with van der Waals surface area (Å²) in [6.07, 6.45) is 7.54. The Kier molecular flexibility index (Phi) is 4.55. The Bertz CT molecular complexity index is 550. The molecule has 0 spiro atoms. The highest BCUT2D eigenvalue weighted by Gasteiger charge is 2.17. The molecule has 1 aliphatic heterocycles. The largest absolute Gasteiger partial charge is 0.381 e. The molecule has 1 N–H and O–H groups in total. The van der Waals surface area contributed by atoms with E-state index < -0.39 is 0 Å². The molecule has 0 aliphatic carbocycles. The lowest BCUT2D eigenvalue weighted by atomic mass is 10.1. The van der Waals surface area contributed by atoms with Crippen LogP contribution in [-0.4, -0.2) is 40.4 Å². The van der Waals surface area contributed by atoms with E-state index in [0.29, 0.717) is 6.04 Å². The fraction of sp³-hybridized carbons (Fsp3) is 0.471. The lowest BCUT2D eigenvalue weighted by Crippen LogP contribution is -2.26. The Labute approximate surface area is 126 Å². The lowest BCUT2D eigenvalue weighted by molar-refractivity contribution is 0.300. The van der Waals surface area contributed by atoms with Crippen molar-refractivity contribution in [3.05, 3.63) is 42.7 Å². The molecule has 1 aliphatic rings. The first-order valence-corrected chi connectivity index (χ1v) is 7.94. The first-order valence-electron chi connectivity index (χ1n) is 7.94. The number of nitrogens with zero attached hydrogens (tertiary/aromatic N) is 3. The van der Waals surface area contributed by atoms with Crippen LogP contribution in [0.1, 0.15) is 26.2 Å². The van der Waals surface area contributed by atoms with Crippen molar-refractivity contribution in [3.63, 3.8) is 0 Å². The van der Waals surface area contributed by atoms with Gasteiger partial charge in [0.2, 0.25) is 0 Å². The van der Waals surface area contributed by atoms with E-state index in [-0.39, 0.29) is 0 Å². The maximum Gasteiger partial charge on any atom is 0.0876 e. The summed E-state index contributed by atoms with van der Waals surface area (Å²) in [4.78, 5) is 2.54. The van der Waals surface area contributed by atoms with Gasteiger partial charge in [-0.25, -0.2) is 4.68 Å². The highest BCUT2D eigenvalue weighted by molar-refractivity contribution is 5.61. The number of para-hydroxylation sites is 2. The van der Waals surface area contributed by atoms with Crippen molar-refractivity contribution in [1.82, 2.24) is 14.7 Å². The zero-order valence-corrected chi connectivity index (χ0v) is 12.7. The second kappa shape index (κ2) is 6.76. The van der Waals surface area contributed by atoms with E-state index in [0.717, 1.165) is 12.2 Å². The molecule has 0 saturated carbocycles. The number of rotatable bonds is 4. The Morgan fingerprint density at radius 2 is 2.10 bits per heavy atom. The van der Waals surface area contributed by atoms with Gasteiger partial charge in [-0.05, 0) is 50.6 Å². The van der Waals surface area contributed by atoms with Crippen LogP contribution in [0.25, 0.3) is 5.69 Å². The van der Waals surface area contributed by atoms with Crippen LogP contribution in [0.4, 0.5) is 5.69 Å². The van der Waals surface area contributed by atoms with Crippen LogP contribution >= 0.6 is 0 Å². The molecule has 0 radical (unpaired) electrons. The highest BCUT2D eigenvalue weighted by Crippen LogP contribution is 2.23. The fourth-order valence-corrected chi connectivity index (χ4v) is 3.04. The number of benzene rings is 1. The summed E-state index contributed by atoms with van der Waals surface area (Å²) in [7, 11) is 0. The van der Waals surface area contributed by atoms with Gasteiger partial charge in [-0.3, -0.25) is 0 Å². The van der Waals surface area contributed by atoms with Gasteiger partial charge < -0.3 is 10.2 Å². The number of hydrogen-bond acceptors (Lipinski definition) is 3. The normalized spacial score (nSPS) is 20.1. The highest BCUT2D eigenvalue weighted by atomic mass is 15.3. The molecule has 1 aromatic carbocycles. The number of hydrogen-bond donors (Lipinski definition) is 1. The average molecular weight is 284 g/mol. The van der Waals surface area contributed by atoms with Gasteiger partial charge in [0.25, 0.3) is 0 Å². The van der Waals surface area contributed by atoms with Gasteiger partial charge >= 0.3 is 0 Å². The monoisotopic (exact) mass is 284 g/mol. The van der Waals surface area contributed by atoms with Crippen LogP contribution < -0.4 is 5.32 Å². The van der Waals surface area contributed by atoms with Crippen molar-refractivity contribution in [1.29, 1.82) is 0 Å². The molecule has 1 unspecified atom stereocenters. The van der Waals surface area contributed by atoms with Crippen molar-refractivity contribution in [3.8, 4) is 5.69 Å². The van der Waals surface area contributed by atoms with Gasteiger partial charge in [0.1, 0.15) is 0 Å². The Morgan fingerprint density at radius 3 is 2.90 bits per heavy atom. The number of anilines is 1. The van der Waals surface area contributed by atoms with E-state index in [2.05, 4.69) is 46.5 Å². The molecule has 3 rings (SSSR count). The zero-order chi connectivity index (χ0) is 14.5. The number of aromatic nitrogens is 2. The molecule has 1 saturated heterocycles. The van der Waals surface area contributed by atoms with Gasteiger partial charge in [-0.1, -0.05) is 19.1 Å². The smallest absolute Gasteiger partial charge is 0.0876 e. The first-order chi connectivity index (χ1) is 10.4. The minimum Gasteiger partial charge on any atom is -0.381 e. The van der Waals surface area contributed by atoms with Crippen LogP contribution in [-0.2, 0) is 0 Å². The predicted molar refractivity (Wildman–Crippen MR) is 86.9 cm³/mol. The van der Waals surface area contributed by atoms with Crippen molar-refractivity contribution in [2.75, 3.05) is 25.0 Å². The van der Waals surface area contributed by atoms with E-state index >= 15 is 0 Å². The Morgan fingerprint density at radius 1 is 1.19 bits per heavy atom. The summed E-state index contributed by atoms with van der Waals surface area (Å²) in [5, 5.41) is 8.09. The Balaban J connectivity index is 1.73. The zero-order valence-electron chi connectivity index (χ0n) is 12.7. The van der Waals surface area contributed by atoms with E-state index in [9.17, 15) is 0 Å². The van der Waals surface area contributed by atoms with E-state index in [1.165, 1.54) is 38.0 Å². The SMILES string of the molecule is CCN1CCCC(Nc2ccccc2-n2cccn2)CC1. The van der Waals surface area contributed by atoms with Crippen molar-refractivity contribution in [2.45, 2.75) is 32.2 Å². The Hall–Kier alpha value is -1.81. The molecule has 2 aromatic rings. The molecule has 21 heavy (non-hydrogen) atoms. The third-order valence-corrected chi connectivity index (χ3v) is 4.28. The molecular weight excluding hydrogens is 260 g/mol. The van der Waals surface area contributed by atoms with E-state index in [4.69, 9.17) is 0 Å². The fourth-order valence-electron chi connectivity index (χ4n) is 3.04. The van der Waals surface area contributed by atoms with Crippen molar-refractivity contribution < 1.29 is 0 Å². The molecule has 1 atom stereocenters. The second-order valence-corrected chi connectivity index (χ2v) is 5.67. The summed E-state index contributed by atoms with van der Waals surface area (Å²) < 4.78 is 1.93. The molecule has 1 aromatic heterocycles. The van der Waals surface area contributed by atoms with Gasteiger partial charge in [-0.15, -0.1) is 0 Å². The maximum absolute atomic E-state index is 4.35. The molecule has 112 valence electrons. The van der Waals surface area contributed by atoms with E-state index in [1.54, 1.807) is 0 Å². The third-order valence-electron chi connectivity index (χ3n) is 4.28. The van der Waals surface area contributed by atoms with Crippen LogP contribution in [0, 0.1) is 0 Å². The molecule has 2 heterocycles. The summed E-state index contributed by atoms with van der Waals surface area (Å²) in [6, 6.07) is 10.9. The standard InChI is InChI=1S/C17H24N4/c1-2-20-12-5-7-15(10-14-20)19-16-8-3-4-9-17(16)21-13-6-11-18-21/h3-4,6,8-9,11,13,15,19H,2,5,7,10,12,14H2,1H3. The number of nitrogens with one attached hydrogen (secondary N) is 1. The van der Waals surface area contributed by atoms with Gasteiger partial charge in [0.15, 0.2) is 0 Å². The second-order valence-electron chi connectivity index (χ2n) is 5.67. The lowest BCUT2D eigenvalue weighted by Gasteiger charge is -2.21. The van der Waals surface area contributed by atoms with Crippen LogP contribution in [0.2, 0.25) is 0 Å². The third kappa shape index (κ3) is 3.45. The van der Waals surface area contributed by atoms with Gasteiger partial charge in [0.05, 0.1) is 11.4 Å². The van der Waals surface area contributed by atoms with Crippen LogP contribution in [0.3, 0.4) is 0 Å². The molecular formula is C17H24N4. The maximum atomic E-state index is 4.35. The topological polar surface area (TPSA) is 33.1 Å². The summed E-state index contributed by atoms with van der Waals surface area (Å²) in [5.74, 6) is 0. The molecule has 4 heteroatoms. The molecule has 0 bridgehead atoms. The predicted octanol–water partition coefficient (Wildman–Crippen LogP) is 3.16. The summed E-state index contributed by atoms with van der Waals surface area (Å²) >= 11 is 0. The molecule has 4 nitrogen and oxygen atoms in total. The van der Waals surface area contributed by atoms with Crippen molar-refractivity contribution in [2.24, 2.45) is 0 Å². The minimum absolute atomic E-state index is 0.554. The minimum atomic E-state index is 0.554. The molecule has 0 amide bonds. The van der Waals surface area contributed by atoms with E-state index in [1.807, 2.05) is 23.1 Å². The van der Waals surface area contributed by atoms with Crippen LogP contribution in [0.15, 0.2) is 42.7 Å². The average Bonchev–Trinajstić information content (AvgIpc) is 2.95. The first kappa shape index (κ1) is 14.1. The van der Waals surface area contributed by atoms with Crippen LogP contribution in [0.5, 0.6) is 0 Å². The summed E-state index contributed by atoms with van der Waals surface area (Å²) in [5.41, 5.74) is 2.30. The summed E-state index contributed by atoms with van der Waals surface area (Å²) in [6.45, 7) is 5.84. The molecule has 1 fully saturated rings.